The van der Waals surface area contributed by atoms with Crippen LogP contribution in [0.4, 0.5) is 5.82 Å². The molecule has 0 amide bonds. The van der Waals surface area contributed by atoms with Crippen LogP contribution in [0.1, 0.15) is 30.9 Å². The van der Waals surface area contributed by atoms with Gasteiger partial charge in [0.2, 0.25) is 5.75 Å². The van der Waals surface area contributed by atoms with Crippen LogP contribution < -0.4 is 19.5 Å². The molecule has 0 saturated carbocycles. The van der Waals surface area contributed by atoms with E-state index in [9.17, 15) is 4.57 Å². The molecule has 8 nitrogen and oxygen atoms in total. The van der Waals surface area contributed by atoms with E-state index in [1.165, 1.54) is 21.3 Å². The Kier molecular flexibility index (Phi) is 8.32. The summed E-state index contributed by atoms with van der Waals surface area (Å²) in [6.07, 6.45) is 0. The minimum atomic E-state index is -3.62. The Bertz CT molecular complexity index is 826. The van der Waals surface area contributed by atoms with E-state index < -0.39 is 13.4 Å². The second kappa shape index (κ2) is 10.5. The minimum Gasteiger partial charge on any atom is -0.493 e. The van der Waals surface area contributed by atoms with Crippen molar-refractivity contribution in [2.75, 3.05) is 39.9 Å². The molecule has 0 radical (unpaired) electrons. The van der Waals surface area contributed by atoms with Crippen LogP contribution in [0.25, 0.3) is 0 Å². The van der Waals surface area contributed by atoms with Crippen molar-refractivity contribution in [2.24, 2.45) is 0 Å². The molecule has 0 spiro atoms. The molecule has 0 saturated heterocycles. The summed E-state index contributed by atoms with van der Waals surface area (Å²) in [5, 5.41) is 3.21. The normalized spacial score (nSPS) is 12.3. The van der Waals surface area contributed by atoms with Gasteiger partial charge < -0.3 is 28.6 Å². The molecule has 0 aliphatic rings. The quantitative estimate of drug-likeness (QED) is 0.515. The molecule has 0 aliphatic heterocycles. The van der Waals surface area contributed by atoms with Crippen LogP contribution in [0.2, 0.25) is 0 Å². The lowest BCUT2D eigenvalue weighted by Crippen LogP contribution is -2.16. The fraction of sp³-hybridized carbons (Fsp3) is 0.450. The number of anilines is 1. The molecule has 29 heavy (non-hydrogen) atoms. The number of hydrogen-bond donors (Lipinski definition) is 1. The third-order valence-electron chi connectivity index (χ3n) is 4.11. The van der Waals surface area contributed by atoms with E-state index in [0.717, 1.165) is 5.69 Å². The van der Waals surface area contributed by atoms with Gasteiger partial charge in [-0.15, -0.1) is 0 Å². The molecule has 9 heteroatoms. The molecule has 1 aromatic heterocycles. The van der Waals surface area contributed by atoms with E-state index in [-0.39, 0.29) is 13.2 Å². The second-order valence-corrected chi connectivity index (χ2v) is 8.16. The zero-order valence-electron chi connectivity index (χ0n) is 17.7. The average molecular weight is 424 g/mol. The first kappa shape index (κ1) is 23.0. The van der Waals surface area contributed by atoms with Crippen molar-refractivity contribution in [1.82, 2.24) is 4.98 Å². The highest BCUT2D eigenvalue weighted by molar-refractivity contribution is 7.54. The molecule has 0 aliphatic carbocycles. The van der Waals surface area contributed by atoms with Gasteiger partial charge in [-0.2, -0.15) is 0 Å². The van der Waals surface area contributed by atoms with Gasteiger partial charge in [-0.3, -0.25) is 4.57 Å². The predicted molar refractivity (Wildman–Crippen MR) is 112 cm³/mol. The zero-order valence-corrected chi connectivity index (χ0v) is 18.6. The van der Waals surface area contributed by atoms with Crippen molar-refractivity contribution < 1.29 is 27.8 Å². The van der Waals surface area contributed by atoms with Crippen LogP contribution in [0.5, 0.6) is 17.2 Å². The Hall–Kier alpha value is -2.28. The van der Waals surface area contributed by atoms with Crippen LogP contribution >= 0.6 is 7.60 Å². The number of benzene rings is 1. The molecule has 1 N–H and O–H groups in total. The maximum Gasteiger partial charge on any atom is 0.357 e. The molecule has 160 valence electrons. The van der Waals surface area contributed by atoms with Crippen LogP contribution in [0.15, 0.2) is 30.3 Å². The first-order valence-electron chi connectivity index (χ1n) is 9.31. The number of methoxy groups -OCH3 is 3. The lowest BCUT2D eigenvalue weighted by atomic mass is 10.1. The highest BCUT2D eigenvalue weighted by Gasteiger charge is 2.38. The average Bonchev–Trinajstić information content (AvgIpc) is 2.71. The van der Waals surface area contributed by atoms with Crippen molar-refractivity contribution in [2.45, 2.75) is 26.6 Å². The summed E-state index contributed by atoms with van der Waals surface area (Å²) < 4.78 is 41.3. The highest BCUT2D eigenvalue weighted by atomic mass is 31.2. The summed E-state index contributed by atoms with van der Waals surface area (Å²) in [6.45, 7) is 5.86. The van der Waals surface area contributed by atoms with Crippen LogP contribution in [0.3, 0.4) is 0 Å². The summed E-state index contributed by atoms with van der Waals surface area (Å²) in [7, 11) is 0.954. The summed E-state index contributed by atoms with van der Waals surface area (Å²) in [6, 6.07) is 8.98. The first-order valence-corrected chi connectivity index (χ1v) is 10.9. The Morgan fingerprint density at radius 1 is 1.00 bits per heavy atom. The number of hydrogen-bond acceptors (Lipinski definition) is 8. The molecule has 1 unspecified atom stereocenters. The Morgan fingerprint density at radius 3 is 2.03 bits per heavy atom. The van der Waals surface area contributed by atoms with Crippen molar-refractivity contribution in [1.29, 1.82) is 0 Å². The third kappa shape index (κ3) is 5.41. The van der Waals surface area contributed by atoms with E-state index >= 15 is 0 Å². The van der Waals surface area contributed by atoms with Gasteiger partial charge >= 0.3 is 7.60 Å². The van der Waals surface area contributed by atoms with Crippen LogP contribution in [-0.4, -0.2) is 39.5 Å². The third-order valence-corrected chi connectivity index (χ3v) is 6.41. The predicted octanol–water partition coefficient (Wildman–Crippen LogP) is 4.79. The molecule has 2 aromatic rings. The number of rotatable bonds is 11. The van der Waals surface area contributed by atoms with Gasteiger partial charge in [0.05, 0.1) is 34.5 Å². The number of aromatic nitrogens is 1. The van der Waals surface area contributed by atoms with Gasteiger partial charge in [-0.05, 0) is 50.6 Å². The van der Waals surface area contributed by atoms with Gasteiger partial charge in [0, 0.05) is 5.69 Å². The summed E-state index contributed by atoms with van der Waals surface area (Å²) in [5.41, 5.74) is 1.41. The summed E-state index contributed by atoms with van der Waals surface area (Å²) in [4.78, 5) is 4.46. The molecular weight excluding hydrogens is 395 g/mol. The van der Waals surface area contributed by atoms with Crippen molar-refractivity contribution >= 4 is 13.4 Å². The molecule has 1 atom stereocenters. The maximum atomic E-state index is 13.7. The zero-order chi connectivity index (χ0) is 21.4. The lowest BCUT2D eigenvalue weighted by molar-refractivity contribution is 0.214. The number of aryl methyl sites for hydroxylation is 1. The smallest absolute Gasteiger partial charge is 0.357 e. The number of nitrogens with one attached hydrogen (secondary N) is 1. The highest BCUT2D eigenvalue weighted by Crippen LogP contribution is 2.61. The standard InChI is InChI=1S/C20H29N2O6P/c1-7-27-29(23,28-8-2)20(22-18-11-9-10-14(3)21-18)15-12-16(24-4)19(26-6)17(13-15)25-5/h9-13,20H,7-8H2,1-6H3,(H,21,22). The second-order valence-electron chi connectivity index (χ2n) is 6.05. The number of pyridine rings is 1. The first-order chi connectivity index (χ1) is 13.9. The van der Waals surface area contributed by atoms with Gasteiger partial charge in [-0.1, -0.05) is 6.07 Å². The molecule has 0 fully saturated rings. The lowest BCUT2D eigenvalue weighted by Gasteiger charge is -2.28. The molecular formula is C20H29N2O6P. The SMILES string of the molecule is CCOP(=O)(OCC)C(Nc1cccc(C)n1)c1cc(OC)c(OC)c(OC)c1. The van der Waals surface area contributed by atoms with Crippen LogP contribution in [-0.2, 0) is 13.6 Å². The monoisotopic (exact) mass is 424 g/mol. The van der Waals surface area contributed by atoms with E-state index in [0.29, 0.717) is 28.6 Å². The van der Waals surface area contributed by atoms with E-state index in [1.807, 2.05) is 19.1 Å². The minimum absolute atomic E-state index is 0.223. The van der Waals surface area contributed by atoms with Crippen molar-refractivity contribution in [3.63, 3.8) is 0 Å². The summed E-state index contributed by atoms with van der Waals surface area (Å²) >= 11 is 0. The largest absolute Gasteiger partial charge is 0.493 e. The summed E-state index contributed by atoms with van der Waals surface area (Å²) in [5.74, 6) is 1.01. The topological polar surface area (TPSA) is 88.1 Å². The van der Waals surface area contributed by atoms with Gasteiger partial charge in [-0.25, -0.2) is 4.98 Å². The fourth-order valence-corrected chi connectivity index (χ4v) is 4.81. The van der Waals surface area contributed by atoms with E-state index in [1.54, 1.807) is 32.0 Å². The molecule has 1 aromatic carbocycles. The number of nitrogens with zero attached hydrogens (tertiary/aromatic N) is 1. The van der Waals surface area contributed by atoms with Crippen molar-refractivity contribution in [3.8, 4) is 17.2 Å². The maximum absolute atomic E-state index is 13.7. The number of ether oxygens (including phenoxy) is 3. The Balaban J connectivity index is 2.64. The Labute approximate surface area is 172 Å². The van der Waals surface area contributed by atoms with Gasteiger partial charge in [0.15, 0.2) is 17.3 Å². The van der Waals surface area contributed by atoms with Crippen molar-refractivity contribution in [3.05, 3.63) is 41.6 Å². The van der Waals surface area contributed by atoms with E-state index in [4.69, 9.17) is 23.3 Å². The Morgan fingerprint density at radius 2 is 1.59 bits per heavy atom. The molecule has 1 heterocycles. The molecule has 2 rings (SSSR count). The fourth-order valence-electron chi connectivity index (χ4n) is 2.91. The van der Waals surface area contributed by atoms with Crippen LogP contribution in [0, 0.1) is 6.92 Å². The van der Waals surface area contributed by atoms with Gasteiger partial charge in [0.1, 0.15) is 5.82 Å². The van der Waals surface area contributed by atoms with E-state index in [2.05, 4.69) is 10.3 Å². The molecule has 0 bridgehead atoms. The van der Waals surface area contributed by atoms with Gasteiger partial charge in [0.25, 0.3) is 0 Å².